The molecule has 7 nitrogen and oxygen atoms in total. The number of ether oxygens (including phenoxy) is 2. The highest BCUT2D eigenvalue weighted by Gasteiger charge is 2.42. The minimum Gasteiger partial charge on any atom is -0.490 e. The molecule has 0 radical (unpaired) electrons. The van der Waals surface area contributed by atoms with Gasteiger partial charge in [-0.2, -0.15) is 0 Å². The van der Waals surface area contributed by atoms with Gasteiger partial charge in [-0.05, 0) is 80.2 Å². The fourth-order valence-electron chi connectivity index (χ4n) is 4.91. The predicted molar refractivity (Wildman–Crippen MR) is 150 cm³/mol. The molecule has 0 spiro atoms. The van der Waals surface area contributed by atoms with E-state index in [-0.39, 0.29) is 12.1 Å². The summed E-state index contributed by atoms with van der Waals surface area (Å²) >= 11 is 12.5. The van der Waals surface area contributed by atoms with Gasteiger partial charge in [0.05, 0.1) is 41.3 Å². The first-order valence-electron chi connectivity index (χ1n) is 12.0. The highest BCUT2D eigenvalue weighted by Crippen LogP contribution is 2.44. The highest BCUT2D eigenvalue weighted by atomic mass is 35.5. The number of hydrogen-bond acceptors (Lipinski definition) is 5. The quantitative estimate of drug-likeness (QED) is 0.229. The third kappa shape index (κ3) is 4.92. The Labute approximate surface area is 227 Å². The van der Waals surface area contributed by atoms with Gasteiger partial charge in [0.25, 0.3) is 0 Å². The van der Waals surface area contributed by atoms with E-state index in [4.69, 9.17) is 33.3 Å². The Morgan fingerprint density at radius 2 is 1.89 bits per heavy atom. The maximum absolute atomic E-state index is 6.64. The number of nitrogens with zero attached hydrogens (tertiary/aromatic N) is 4. The molecule has 4 heterocycles. The zero-order valence-corrected chi connectivity index (χ0v) is 22.5. The monoisotopic (exact) mass is 533 g/mol. The molecule has 3 aromatic heterocycles. The Balaban J connectivity index is 1.60. The van der Waals surface area contributed by atoms with E-state index in [9.17, 15) is 0 Å². The summed E-state index contributed by atoms with van der Waals surface area (Å²) in [6.45, 7) is 5.14. The molecule has 1 aliphatic heterocycles. The summed E-state index contributed by atoms with van der Waals surface area (Å²) in [5.41, 5.74) is 6.15. The van der Waals surface area contributed by atoms with E-state index in [1.54, 1.807) is 13.3 Å². The number of hydrogen-bond donors (Lipinski definition) is 1. The number of thiocarbonyl (C=S) groups is 1. The van der Waals surface area contributed by atoms with Crippen LogP contribution < -0.4 is 15.0 Å². The van der Waals surface area contributed by atoms with Crippen molar-refractivity contribution in [2.24, 2.45) is 0 Å². The van der Waals surface area contributed by atoms with Crippen LogP contribution in [0, 0.1) is 13.8 Å². The topological polar surface area (TPSA) is 64.4 Å². The normalized spacial score (nSPS) is 17.2. The molecule has 0 saturated carbocycles. The summed E-state index contributed by atoms with van der Waals surface area (Å²) in [6.07, 6.45) is 5.46. The molecule has 1 N–H and O–H groups in total. The van der Waals surface area contributed by atoms with Gasteiger partial charge in [0.2, 0.25) is 0 Å². The van der Waals surface area contributed by atoms with E-state index in [0.717, 1.165) is 34.0 Å². The van der Waals surface area contributed by atoms with Crippen molar-refractivity contribution in [1.29, 1.82) is 0 Å². The smallest absolute Gasteiger partial charge is 0.174 e. The van der Waals surface area contributed by atoms with E-state index in [2.05, 4.69) is 50.7 Å². The average Bonchev–Trinajstić information content (AvgIpc) is 3.41. The summed E-state index contributed by atoms with van der Waals surface area (Å²) < 4.78 is 13.1. The first-order chi connectivity index (χ1) is 18.0. The van der Waals surface area contributed by atoms with Gasteiger partial charge in [-0.3, -0.25) is 9.97 Å². The molecule has 4 aromatic rings. The van der Waals surface area contributed by atoms with Crippen molar-refractivity contribution >= 4 is 34.6 Å². The largest absolute Gasteiger partial charge is 0.490 e. The first kappa shape index (κ1) is 25.2. The minimum atomic E-state index is -0.159. The lowest BCUT2D eigenvalue weighted by atomic mass is 9.96. The third-order valence-electron chi connectivity index (χ3n) is 6.53. The maximum Gasteiger partial charge on any atom is 0.174 e. The summed E-state index contributed by atoms with van der Waals surface area (Å²) in [7, 11) is 1.64. The number of nitrogens with one attached hydrogen (secondary N) is 1. The fourth-order valence-corrected chi connectivity index (χ4v) is 5.49. The number of halogens is 1. The zero-order chi connectivity index (χ0) is 25.9. The van der Waals surface area contributed by atoms with Gasteiger partial charge >= 0.3 is 0 Å². The number of benzene rings is 1. The second-order valence-corrected chi connectivity index (χ2v) is 9.62. The van der Waals surface area contributed by atoms with Gasteiger partial charge in [0.1, 0.15) is 12.4 Å². The minimum absolute atomic E-state index is 0.157. The zero-order valence-electron chi connectivity index (χ0n) is 20.9. The molecule has 1 saturated heterocycles. The number of rotatable bonds is 8. The number of methoxy groups -OCH3 is 1. The van der Waals surface area contributed by atoms with Crippen molar-refractivity contribution in [3.63, 3.8) is 0 Å². The second kappa shape index (κ2) is 10.9. The Morgan fingerprint density at radius 3 is 2.59 bits per heavy atom. The molecule has 1 aliphatic rings. The van der Waals surface area contributed by atoms with Crippen LogP contribution in [0.15, 0.2) is 73.2 Å². The van der Waals surface area contributed by atoms with Gasteiger partial charge in [-0.15, -0.1) is 0 Å². The van der Waals surface area contributed by atoms with Crippen LogP contribution in [0.4, 0.5) is 5.69 Å². The van der Waals surface area contributed by atoms with Crippen LogP contribution in [0.25, 0.3) is 5.69 Å². The summed E-state index contributed by atoms with van der Waals surface area (Å²) in [6, 6.07) is 17.6. The fraction of sp³-hybridized carbons (Fsp3) is 0.250. The van der Waals surface area contributed by atoms with Crippen LogP contribution in [-0.2, 0) is 4.74 Å². The molecule has 1 fully saturated rings. The Bertz CT molecular complexity index is 1400. The molecular formula is C28H28ClN5O2S. The highest BCUT2D eigenvalue weighted by molar-refractivity contribution is 7.80. The van der Waals surface area contributed by atoms with Crippen molar-refractivity contribution in [2.75, 3.05) is 25.2 Å². The van der Waals surface area contributed by atoms with Crippen LogP contribution in [0.2, 0.25) is 5.02 Å². The van der Waals surface area contributed by atoms with Crippen LogP contribution in [0.1, 0.15) is 34.7 Å². The van der Waals surface area contributed by atoms with Crippen LogP contribution in [0.3, 0.4) is 0 Å². The molecule has 37 heavy (non-hydrogen) atoms. The van der Waals surface area contributed by atoms with E-state index in [0.29, 0.717) is 29.1 Å². The number of aromatic nitrogens is 3. The lowest BCUT2D eigenvalue weighted by molar-refractivity contribution is 0.146. The molecular weight excluding hydrogens is 506 g/mol. The lowest BCUT2D eigenvalue weighted by Crippen LogP contribution is -2.29. The first-order valence-corrected chi connectivity index (χ1v) is 12.8. The third-order valence-corrected chi connectivity index (χ3v) is 7.14. The SMILES string of the molecule is COCCOc1ccc(N2C(=S)N[C@@H](c3ccccn3)[C@H]2c2cc(C)n(-c3cccnc3)c2C)cc1Cl. The van der Waals surface area contributed by atoms with Crippen molar-refractivity contribution in [1.82, 2.24) is 19.9 Å². The van der Waals surface area contributed by atoms with Gasteiger partial charge in [0.15, 0.2) is 5.11 Å². The molecule has 0 aliphatic carbocycles. The Morgan fingerprint density at radius 1 is 1.03 bits per heavy atom. The van der Waals surface area contributed by atoms with Crippen molar-refractivity contribution in [3.05, 3.63) is 101 Å². The standard InChI is InChI=1S/C28H28ClN5O2S/c1-18-15-22(19(2)33(18)21-7-6-11-30-17-21)27-26(24-8-4-5-12-31-24)32-28(37)34(27)20-9-10-25(23(29)16-20)36-14-13-35-3/h4-12,15-17,26-27H,13-14H2,1-3H3,(H,32,37)/t26-,27+/m0/s1. The molecule has 190 valence electrons. The summed E-state index contributed by atoms with van der Waals surface area (Å²) in [5, 5.41) is 4.64. The molecule has 2 atom stereocenters. The van der Waals surface area contributed by atoms with Gasteiger partial charge in [-0.25, -0.2) is 0 Å². The van der Waals surface area contributed by atoms with E-state index < -0.39 is 0 Å². The average molecular weight is 534 g/mol. The molecule has 1 aromatic carbocycles. The van der Waals surface area contributed by atoms with Crippen molar-refractivity contribution < 1.29 is 9.47 Å². The van der Waals surface area contributed by atoms with E-state index in [1.165, 1.54) is 0 Å². The van der Waals surface area contributed by atoms with Crippen molar-refractivity contribution in [3.8, 4) is 11.4 Å². The number of anilines is 1. The number of aryl methyl sites for hydroxylation is 1. The van der Waals surface area contributed by atoms with Gasteiger partial charge < -0.3 is 24.3 Å². The summed E-state index contributed by atoms with van der Waals surface area (Å²) in [5.74, 6) is 0.605. The summed E-state index contributed by atoms with van der Waals surface area (Å²) in [4.78, 5) is 11.1. The molecule has 5 rings (SSSR count). The van der Waals surface area contributed by atoms with Crippen LogP contribution in [0.5, 0.6) is 5.75 Å². The molecule has 0 amide bonds. The van der Waals surface area contributed by atoms with Crippen LogP contribution >= 0.6 is 23.8 Å². The Kier molecular flexibility index (Phi) is 7.41. The maximum atomic E-state index is 6.64. The lowest BCUT2D eigenvalue weighted by Gasteiger charge is -2.28. The number of pyridine rings is 2. The van der Waals surface area contributed by atoms with Gasteiger partial charge in [0, 0.05) is 36.6 Å². The molecule has 0 bridgehead atoms. The van der Waals surface area contributed by atoms with Gasteiger partial charge in [-0.1, -0.05) is 17.7 Å². The predicted octanol–water partition coefficient (Wildman–Crippen LogP) is 5.74. The molecule has 0 unspecified atom stereocenters. The second-order valence-electron chi connectivity index (χ2n) is 8.83. The van der Waals surface area contributed by atoms with Crippen molar-refractivity contribution in [2.45, 2.75) is 25.9 Å². The van der Waals surface area contributed by atoms with E-state index >= 15 is 0 Å². The Hall–Kier alpha value is -3.46. The molecule has 9 heteroatoms. The van der Waals surface area contributed by atoms with Crippen LogP contribution in [-0.4, -0.2) is 40.0 Å². The van der Waals surface area contributed by atoms with E-state index in [1.807, 2.05) is 54.9 Å².